The van der Waals surface area contributed by atoms with Crippen LogP contribution in [0.4, 0.5) is 10.5 Å². The maximum atomic E-state index is 12.5. The summed E-state index contributed by atoms with van der Waals surface area (Å²) < 4.78 is 1.78. The molecule has 0 fully saturated rings. The van der Waals surface area contributed by atoms with Crippen LogP contribution in [0.1, 0.15) is 11.4 Å². The summed E-state index contributed by atoms with van der Waals surface area (Å²) in [4.78, 5) is 12.5. The van der Waals surface area contributed by atoms with Crippen molar-refractivity contribution in [1.29, 1.82) is 0 Å². The van der Waals surface area contributed by atoms with Gasteiger partial charge in [0.25, 0.3) is 0 Å². The Hall–Kier alpha value is -2.42. The Bertz CT molecular complexity index is 1300. The van der Waals surface area contributed by atoms with Crippen molar-refractivity contribution < 1.29 is 4.79 Å². The van der Waals surface area contributed by atoms with E-state index in [-0.39, 0.29) is 6.54 Å². The number of aromatic nitrogens is 3. The van der Waals surface area contributed by atoms with Crippen molar-refractivity contribution in [2.75, 3.05) is 5.32 Å². The van der Waals surface area contributed by atoms with Gasteiger partial charge in [0.05, 0.1) is 33.0 Å². The molecular weight excluding hydrogens is 536 g/mol. The normalized spacial score (nSPS) is 10.8. The number of amides is 2. The fourth-order valence-electron chi connectivity index (χ4n) is 3.06. The number of anilines is 1. The monoisotopic (exact) mass is 551 g/mol. The lowest BCUT2D eigenvalue weighted by molar-refractivity contribution is 0.251. The molecule has 1 aromatic heterocycles. The van der Waals surface area contributed by atoms with Crippen LogP contribution in [-0.4, -0.2) is 20.8 Å². The Balaban J connectivity index is 1.57. The number of para-hydroxylation sites is 1. The summed E-state index contributed by atoms with van der Waals surface area (Å²) in [6.07, 6.45) is 0. The minimum atomic E-state index is -0.500. The number of carbonyl (C=O) groups is 1. The van der Waals surface area contributed by atoms with Crippen molar-refractivity contribution in [3.8, 4) is 5.69 Å². The number of nitrogens with zero attached hydrogens (tertiary/aromatic N) is 3. The first kappa shape index (κ1) is 24.7. The Morgan fingerprint density at radius 2 is 1.62 bits per heavy atom. The molecule has 0 saturated heterocycles. The Kier molecular flexibility index (Phi) is 8.24. The van der Waals surface area contributed by atoms with Gasteiger partial charge in [-0.05, 0) is 35.9 Å². The molecule has 0 unspecified atom stereocenters. The fraction of sp³-hybridized carbons (Fsp3) is 0.0870. The van der Waals surface area contributed by atoms with Crippen LogP contribution in [0, 0.1) is 0 Å². The predicted octanol–water partition coefficient (Wildman–Crippen LogP) is 7.49. The maximum absolute atomic E-state index is 12.5. The van der Waals surface area contributed by atoms with Gasteiger partial charge in [-0.15, -0.1) is 10.2 Å². The molecule has 0 bridgehead atoms. The molecule has 3 aromatic carbocycles. The molecule has 11 heteroatoms. The highest BCUT2D eigenvalue weighted by Crippen LogP contribution is 2.31. The van der Waals surface area contributed by atoms with E-state index in [1.807, 2.05) is 30.3 Å². The van der Waals surface area contributed by atoms with E-state index in [2.05, 4.69) is 20.8 Å². The van der Waals surface area contributed by atoms with E-state index in [0.717, 1.165) is 5.56 Å². The summed E-state index contributed by atoms with van der Waals surface area (Å²) in [5.74, 6) is 1.15. The van der Waals surface area contributed by atoms with Crippen molar-refractivity contribution in [2.45, 2.75) is 17.5 Å². The number of hydrogen-bond donors (Lipinski definition) is 2. The van der Waals surface area contributed by atoms with Gasteiger partial charge in [0.2, 0.25) is 0 Å². The molecule has 0 aliphatic heterocycles. The average molecular weight is 553 g/mol. The average Bonchev–Trinajstić information content (AvgIpc) is 3.23. The van der Waals surface area contributed by atoms with Crippen LogP contribution in [0.3, 0.4) is 0 Å². The molecular formula is C23H17Cl4N5OS. The van der Waals surface area contributed by atoms with E-state index in [4.69, 9.17) is 46.4 Å². The molecule has 0 spiro atoms. The Labute approximate surface area is 220 Å². The topological polar surface area (TPSA) is 71.8 Å². The van der Waals surface area contributed by atoms with Crippen molar-refractivity contribution in [3.05, 3.63) is 98.2 Å². The van der Waals surface area contributed by atoms with Gasteiger partial charge in [-0.25, -0.2) is 4.79 Å². The summed E-state index contributed by atoms with van der Waals surface area (Å²) in [6, 6.07) is 19.6. The van der Waals surface area contributed by atoms with Gasteiger partial charge in [-0.3, -0.25) is 4.57 Å². The molecule has 6 nitrogen and oxygen atoms in total. The molecule has 2 N–H and O–H groups in total. The number of benzene rings is 3. The third-order valence-corrected chi connectivity index (χ3v) is 6.85. The first-order valence-corrected chi connectivity index (χ1v) is 12.5. The molecule has 0 atom stereocenters. The van der Waals surface area contributed by atoms with Crippen LogP contribution in [-0.2, 0) is 12.3 Å². The lowest BCUT2D eigenvalue weighted by Gasteiger charge is -2.14. The Morgan fingerprint density at radius 3 is 2.35 bits per heavy atom. The van der Waals surface area contributed by atoms with Gasteiger partial charge in [0.15, 0.2) is 11.0 Å². The van der Waals surface area contributed by atoms with Gasteiger partial charge in [-0.1, -0.05) is 94.6 Å². The quantitative estimate of drug-likeness (QED) is 0.233. The van der Waals surface area contributed by atoms with Crippen LogP contribution < -0.4 is 10.6 Å². The highest BCUT2D eigenvalue weighted by Gasteiger charge is 2.18. The van der Waals surface area contributed by atoms with Crippen LogP contribution in [0.5, 0.6) is 0 Å². The fourth-order valence-corrected chi connectivity index (χ4v) is 4.84. The van der Waals surface area contributed by atoms with Crippen LogP contribution in [0.15, 0.2) is 71.9 Å². The molecule has 0 aliphatic rings. The minimum absolute atomic E-state index is 0.0651. The first-order chi connectivity index (χ1) is 16.4. The number of halogens is 4. The smallest absolute Gasteiger partial charge is 0.319 e. The maximum Gasteiger partial charge on any atom is 0.319 e. The molecule has 4 aromatic rings. The number of carbonyl (C=O) groups excluding carboxylic acids is 1. The minimum Gasteiger partial charge on any atom is -0.331 e. The number of thioether (sulfide) groups is 1. The highest BCUT2D eigenvalue weighted by atomic mass is 35.5. The molecule has 34 heavy (non-hydrogen) atoms. The van der Waals surface area contributed by atoms with Crippen LogP contribution in [0.25, 0.3) is 5.69 Å². The second-order valence-corrected chi connectivity index (χ2v) is 9.61. The molecule has 174 valence electrons. The van der Waals surface area contributed by atoms with E-state index in [1.165, 1.54) is 11.8 Å². The molecule has 2 amide bonds. The lowest BCUT2D eigenvalue weighted by atomic mass is 10.2. The third-order valence-electron chi connectivity index (χ3n) is 4.67. The largest absolute Gasteiger partial charge is 0.331 e. The third kappa shape index (κ3) is 5.98. The lowest BCUT2D eigenvalue weighted by Crippen LogP contribution is -2.29. The standard InChI is InChI=1S/C23H17Cl4N5OS/c24-15-9-10-16(25)19(11-15)32-20(30-31-23(32)34-13-14-5-2-1-3-6-14)12-28-22(33)29-21-17(26)7-4-8-18(21)27/h1-11H,12-13H2,(H2,28,29,33). The van der Waals surface area contributed by atoms with Gasteiger partial charge in [0, 0.05) is 10.8 Å². The van der Waals surface area contributed by atoms with E-state index >= 15 is 0 Å². The van der Waals surface area contributed by atoms with Crippen molar-refractivity contribution in [3.63, 3.8) is 0 Å². The van der Waals surface area contributed by atoms with E-state index in [1.54, 1.807) is 41.0 Å². The zero-order valence-corrected chi connectivity index (χ0v) is 21.3. The summed E-state index contributed by atoms with van der Waals surface area (Å²) in [6.45, 7) is 0.0651. The molecule has 1 heterocycles. The predicted molar refractivity (Wildman–Crippen MR) is 140 cm³/mol. The number of urea groups is 1. The van der Waals surface area contributed by atoms with Gasteiger partial charge < -0.3 is 10.6 Å². The second-order valence-electron chi connectivity index (χ2n) is 7.01. The zero-order chi connectivity index (χ0) is 24.1. The van der Waals surface area contributed by atoms with E-state index in [0.29, 0.717) is 48.2 Å². The van der Waals surface area contributed by atoms with Gasteiger partial charge >= 0.3 is 6.03 Å². The summed E-state index contributed by atoms with van der Waals surface area (Å²) in [5.41, 5.74) is 2.07. The Morgan fingerprint density at radius 1 is 0.882 bits per heavy atom. The van der Waals surface area contributed by atoms with Gasteiger partial charge in [-0.2, -0.15) is 0 Å². The molecule has 0 radical (unpaired) electrons. The van der Waals surface area contributed by atoms with Crippen molar-refractivity contribution >= 4 is 69.9 Å². The number of hydrogen-bond acceptors (Lipinski definition) is 4. The summed E-state index contributed by atoms with van der Waals surface area (Å²) in [5, 5.41) is 16.3. The van der Waals surface area contributed by atoms with Crippen molar-refractivity contribution in [2.24, 2.45) is 0 Å². The first-order valence-electron chi connectivity index (χ1n) is 9.97. The highest BCUT2D eigenvalue weighted by molar-refractivity contribution is 7.98. The van der Waals surface area contributed by atoms with E-state index in [9.17, 15) is 4.79 Å². The summed E-state index contributed by atoms with van der Waals surface area (Å²) >= 11 is 26.5. The summed E-state index contributed by atoms with van der Waals surface area (Å²) in [7, 11) is 0. The number of nitrogens with one attached hydrogen (secondary N) is 2. The number of rotatable bonds is 7. The van der Waals surface area contributed by atoms with E-state index < -0.39 is 6.03 Å². The SMILES string of the molecule is O=C(NCc1nnc(SCc2ccccc2)n1-c1cc(Cl)ccc1Cl)Nc1c(Cl)cccc1Cl. The van der Waals surface area contributed by atoms with Crippen LogP contribution >= 0.6 is 58.2 Å². The molecule has 0 aliphatic carbocycles. The second kappa shape index (κ2) is 11.3. The van der Waals surface area contributed by atoms with Gasteiger partial charge in [0.1, 0.15) is 0 Å². The van der Waals surface area contributed by atoms with Crippen molar-refractivity contribution in [1.82, 2.24) is 20.1 Å². The zero-order valence-electron chi connectivity index (χ0n) is 17.4. The van der Waals surface area contributed by atoms with Crippen LogP contribution in [0.2, 0.25) is 20.1 Å². The molecule has 4 rings (SSSR count). The molecule has 0 saturated carbocycles.